The van der Waals surface area contributed by atoms with Crippen LogP contribution in [0, 0.1) is 12.7 Å². The number of nitrogens with one attached hydrogen (secondary N) is 1. The van der Waals surface area contributed by atoms with Crippen LogP contribution in [-0.4, -0.2) is 20.7 Å². The van der Waals surface area contributed by atoms with Gasteiger partial charge in [-0.1, -0.05) is 48.5 Å². The lowest BCUT2D eigenvalue weighted by Gasteiger charge is -2.11. The molecule has 0 radical (unpaired) electrons. The minimum atomic E-state index is -3.81. The van der Waals surface area contributed by atoms with Gasteiger partial charge in [0.1, 0.15) is 5.82 Å². The molecule has 3 rings (SSSR count). The zero-order chi connectivity index (χ0) is 19.4. The van der Waals surface area contributed by atoms with Gasteiger partial charge in [-0.3, -0.25) is 4.79 Å². The molecule has 27 heavy (non-hydrogen) atoms. The highest BCUT2D eigenvalue weighted by Crippen LogP contribution is 2.25. The summed E-state index contributed by atoms with van der Waals surface area (Å²) in [5.41, 5.74) is 1.69. The number of ketones is 1. The third-order valence-electron chi connectivity index (χ3n) is 4.23. The first-order valence-electron chi connectivity index (χ1n) is 8.32. The molecule has 3 aromatic carbocycles. The molecule has 0 heterocycles. The second-order valence-electron chi connectivity index (χ2n) is 6.06. The third-order valence-corrected chi connectivity index (χ3v) is 5.65. The number of sulfonamides is 1. The summed E-state index contributed by atoms with van der Waals surface area (Å²) in [7, 11) is -3.81. The van der Waals surface area contributed by atoms with Crippen molar-refractivity contribution in [2.75, 3.05) is 6.54 Å². The molecule has 0 aliphatic rings. The number of hydrogen-bond acceptors (Lipinski definition) is 3. The Morgan fingerprint density at radius 2 is 1.52 bits per heavy atom. The van der Waals surface area contributed by atoms with Crippen LogP contribution in [0.5, 0.6) is 0 Å². The molecule has 0 fully saturated rings. The van der Waals surface area contributed by atoms with E-state index in [0.717, 1.165) is 5.56 Å². The molecule has 4 nitrogen and oxygen atoms in total. The zero-order valence-electron chi connectivity index (χ0n) is 14.6. The molecule has 0 amide bonds. The summed E-state index contributed by atoms with van der Waals surface area (Å²) >= 11 is 0. The minimum Gasteiger partial charge on any atom is -0.293 e. The van der Waals surface area contributed by atoms with E-state index in [1.807, 2.05) is 30.3 Å². The second-order valence-corrected chi connectivity index (χ2v) is 7.82. The van der Waals surface area contributed by atoms with Crippen LogP contribution in [0.15, 0.2) is 77.7 Å². The van der Waals surface area contributed by atoms with Crippen LogP contribution in [0.1, 0.15) is 15.9 Å². The Morgan fingerprint density at radius 1 is 0.926 bits per heavy atom. The summed E-state index contributed by atoms with van der Waals surface area (Å²) in [5.74, 6) is -1.01. The van der Waals surface area contributed by atoms with Gasteiger partial charge in [0, 0.05) is 5.56 Å². The number of carbonyl (C=O) groups excluding carboxylic acids is 1. The van der Waals surface area contributed by atoms with Crippen molar-refractivity contribution in [3.8, 4) is 11.1 Å². The molecular formula is C21H18FNO3S. The summed E-state index contributed by atoms with van der Waals surface area (Å²) < 4.78 is 41.2. The molecule has 138 valence electrons. The van der Waals surface area contributed by atoms with Gasteiger partial charge in [-0.15, -0.1) is 0 Å². The van der Waals surface area contributed by atoms with E-state index in [-0.39, 0.29) is 16.0 Å². The molecule has 1 N–H and O–H groups in total. The van der Waals surface area contributed by atoms with Gasteiger partial charge in [-0.05, 0) is 47.9 Å². The third kappa shape index (κ3) is 4.30. The molecule has 0 saturated heterocycles. The molecule has 0 aliphatic carbocycles. The Balaban J connectivity index is 1.86. The maximum Gasteiger partial charge on any atom is 0.240 e. The second kappa shape index (κ2) is 7.82. The summed E-state index contributed by atoms with van der Waals surface area (Å²) in [6.45, 7) is 1.05. The van der Waals surface area contributed by atoms with Crippen molar-refractivity contribution in [2.24, 2.45) is 0 Å². The fourth-order valence-corrected chi connectivity index (χ4v) is 3.71. The molecule has 3 aromatic rings. The van der Waals surface area contributed by atoms with Gasteiger partial charge >= 0.3 is 0 Å². The number of carbonyl (C=O) groups is 1. The maximum atomic E-state index is 14.3. The molecule has 0 aliphatic heterocycles. The molecule has 0 bridgehead atoms. The van der Waals surface area contributed by atoms with Crippen molar-refractivity contribution in [3.63, 3.8) is 0 Å². The average Bonchev–Trinajstić information content (AvgIpc) is 2.69. The molecule has 0 aromatic heterocycles. The summed E-state index contributed by atoms with van der Waals surface area (Å²) in [6.07, 6.45) is 0. The lowest BCUT2D eigenvalue weighted by molar-refractivity contribution is 0.0996. The number of hydrogen-bond donors (Lipinski definition) is 1. The lowest BCUT2D eigenvalue weighted by Crippen LogP contribution is -2.30. The highest BCUT2D eigenvalue weighted by molar-refractivity contribution is 7.89. The fraction of sp³-hybridized carbons (Fsp3) is 0.0952. The van der Waals surface area contributed by atoms with Crippen LogP contribution < -0.4 is 4.72 Å². The van der Waals surface area contributed by atoms with Crippen molar-refractivity contribution < 1.29 is 17.6 Å². The van der Waals surface area contributed by atoms with E-state index in [1.54, 1.807) is 24.3 Å². The summed E-state index contributed by atoms with van der Waals surface area (Å²) in [6, 6.07) is 19.9. The van der Waals surface area contributed by atoms with Gasteiger partial charge in [-0.2, -0.15) is 0 Å². The standard InChI is InChI=1S/C21H18FNO3S/c1-15-19(12-17(13-20(15)22)16-8-4-2-5-9-16)21(24)14-23-27(25,26)18-10-6-3-7-11-18/h2-13,23H,14H2,1H3. The van der Waals surface area contributed by atoms with Crippen molar-refractivity contribution in [1.29, 1.82) is 0 Å². The number of rotatable bonds is 6. The van der Waals surface area contributed by atoms with Crippen molar-refractivity contribution >= 4 is 15.8 Å². The predicted molar refractivity (Wildman–Crippen MR) is 103 cm³/mol. The summed E-state index contributed by atoms with van der Waals surface area (Å²) in [4.78, 5) is 12.7. The number of Topliss-reactive ketones (excluding diaryl/α,β-unsaturated/α-hetero) is 1. The SMILES string of the molecule is Cc1c(F)cc(-c2ccccc2)cc1C(=O)CNS(=O)(=O)c1ccccc1. The summed E-state index contributed by atoms with van der Waals surface area (Å²) in [5, 5.41) is 0. The van der Waals surface area contributed by atoms with Crippen LogP contribution in [0.3, 0.4) is 0 Å². The maximum absolute atomic E-state index is 14.3. The topological polar surface area (TPSA) is 63.2 Å². The average molecular weight is 383 g/mol. The fourth-order valence-electron chi connectivity index (χ4n) is 2.70. The van der Waals surface area contributed by atoms with Gasteiger partial charge in [0.2, 0.25) is 10.0 Å². The highest BCUT2D eigenvalue weighted by atomic mass is 32.2. The first kappa shape index (κ1) is 18.9. The Labute approximate surface area is 157 Å². The molecule has 0 unspecified atom stereocenters. The monoisotopic (exact) mass is 383 g/mol. The van der Waals surface area contributed by atoms with E-state index < -0.39 is 28.2 Å². The molecule has 6 heteroatoms. The van der Waals surface area contributed by atoms with E-state index in [0.29, 0.717) is 5.56 Å². The van der Waals surface area contributed by atoms with Gasteiger partial charge in [0.05, 0.1) is 11.4 Å². The zero-order valence-corrected chi connectivity index (χ0v) is 15.5. The molecule has 0 atom stereocenters. The van der Waals surface area contributed by atoms with Gasteiger partial charge in [-0.25, -0.2) is 17.5 Å². The Morgan fingerprint density at radius 3 is 2.15 bits per heavy atom. The number of benzene rings is 3. The van der Waals surface area contributed by atoms with Crippen molar-refractivity contribution in [2.45, 2.75) is 11.8 Å². The van der Waals surface area contributed by atoms with Crippen LogP contribution in [0.25, 0.3) is 11.1 Å². The van der Waals surface area contributed by atoms with Gasteiger partial charge in [0.25, 0.3) is 0 Å². The first-order chi connectivity index (χ1) is 12.9. The Kier molecular flexibility index (Phi) is 5.48. The van der Waals surface area contributed by atoms with Gasteiger partial charge in [0.15, 0.2) is 5.78 Å². The van der Waals surface area contributed by atoms with Crippen LogP contribution in [0.2, 0.25) is 0 Å². The molecule has 0 spiro atoms. The lowest BCUT2D eigenvalue weighted by atomic mass is 9.97. The number of halogens is 1. The van der Waals surface area contributed by atoms with Crippen LogP contribution in [-0.2, 0) is 10.0 Å². The van der Waals surface area contributed by atoms with Crippen LogP contribution in [0.4, 0.5) is 4.39 Å². The predicted octanol–water partition coefficient (Wildman–Crippen LogP) is 3.96. The highest BCUT2D eigenvalue weighted by Gasteiger charge is 2.19. The minimum absolute atomic E-state index is 0.0683. The molecular weight excluding hydrogens is 365 g/mol. The largest absolute Gasteiger partial charge is 0.293 e. The Bertz CT molecular complexity index is 1070. The van der Waals surface area contributed by atoms with E-state index in [9.17, 15) is 17.6 Å². The van der Waals surface area contributed by atoms with Crippen molar-refractivity contribution in [1.82, 2.24) is 4.72 Å². The van der Waals surface area contributed by atoms with Crippen LogP contribution >= 0.6 is 0 Å². The first-order valence-corrected chi connectivity index (χ1v) is 9.80. The van der Waals surface area contributed by atoms with E-state index >= 15 is 0 Å². The Hall–Kier alpha value is -2.83. The van der Waals surface area contributed by atoms with E-state index in [4.69, 9.17) is 0 Å². The van der Waals surface area contributed by atoms with E-state index in [2.05, 4.69) is 4.72 Å². The van der Waals surface area contributed by atoms with Gasteiger partial charge < -0.3 is 0 Å². The van der Waals surface area contributed by atoms with E-state index in [1.165, 1.54) is 25.1 Å². The quantitative estimate of drug-likeness (QED) is 0.656. The smallest absolute Gasteiger partial charge is 0.240 e. The van der Waals surface area contributed by atoms with Crippen molar-refractivity contribution in [3.05, 3.63) is 89.7 Å². The normalized spacial score (nSPS) is 11.3. The molecule has 0 saturated carbocycles.